The van der Waals surface area contributed by atoms with E-state index in [-0.39, 0.29) is 11.6 Å². The van der Waals surface area contributed by atoms with Gasteiger partial charge in [0.15, 0.2) is 17.1 Å². The van der Waals surface area contributed by atoms with E-state index in [4.69, 9.17) is 21.1 Å². The van der Waals surface area contributed by atoms with Crippen molar-refractivity contribution in [1.29, 1.82) is 0 Å². The van der Waals surface area contributed by atoms with Crippen molar-refractivity contribution in [3.63, 3.8) is 0 Å². The number of nitrogens with zero attached hydrogens (tertiary/aromatic N) is 4. The first-order valence-electron chi connectivity index (χ1n) is 12.3. The lowest BCUT2D eigenvalue weighted by molar-refractivity contribution is 0.0788. The van der Waals surface area contributed by atoms with Gasteiger partial charge in [-0.1, -0.05) is 41.9 Å². The van der Waals surface area contributed by atoms with Crippen molar-refractivity contribution < 1.29 is 18.7 Å². The van der Waals surface area contributed by atoms with Gasteiger partial charge in [-0.25, -0.2) is 13.9 Å². The number of benzene rings is 3. The van der Waals surface area contributed by atoms with Crippen molar-refractivity contribution in [3.8, 4) is 34.0 Å². The zero-order valence-corrected chi connectivity index (χ0v) is 22.4. The first kappa shape index (κ1) is 26.2. The van der Waals surface area contributed by atoms with Crippen molar-refractivity contribution >= 4 is 23.2 Å². The number of fused-ring (bicyclic) bond motifs is 1. The fraction of sp³-hybridized carbons (Fsp3) is 0.167. The number of halogens is 2. The molecule has 3 aromatic carbocycles. The Morgan fingerprint density at radius 2 is 1.69 bits per heavy atom. The van der Waals surface area contributed by atoms with Gasteiger partial charge in [-0.05, 0) is 54.4 Å². The van der Waals surface area contributed by atoms with Crippen LogP contribution in [0.25, 0.3) is 28.2 Å². The van der Waals surface area contributed by atoms with Gasteiger partial charge >= 0.3 is 0 Å². The van der Waals surface area contributed by atoms with E-state index >= 15 is 0 Å². The van der Waals surface area contributed by atoms with E-state index in [9.17, 15) is 9.18 Å². The number of amides is 1. The zero-order valence-electron chi connectivity index (χ0n) is 21.7. The van der Waals surface area contributed by atoms with E-state index in [0.29, 0.717) is 52.1 Å². The van der Waals surface area contributed by atoms with Crippen molar-refractivity contribution in [2.24, 2.45) is 0 Å². The highest BCUT2D eigenvalue weighted by molar-refractivity contribution is 6.30. The topological polar surface area (TPSA) is 69.0 Å². The average molecular weight is 545 g/mol. The second-order valence-corrected chi connectivity index (χ2v) is 9.42. The van der Waals surface area contributed by atoms with Gasteiger partial charge in [0.2, 0.25) is 0 Å². The van der Waals surface area contributed by atoms with Crippen LogP contribution in [0.15, 0.2) is 78.9 Å². The Labute approximate surface area is 230 Å². The Hall–Kier alpha value is -4.43. The molecule has 39 heavy (non-hydrogen) atoms. The molecule has 5 aromatic rings. The van der Waals surface area contributed by atoms with Crippen molar-refractivity contribution in [2.45, 2.75) is 6.42 Å². The fourth-order valence-corrected chi connectivity index (χ4v) is 4.45. The standard InChI is InChI=1S/C30H26ClFN4O3/c1-35(15-14-19-8-13-27(38-2)28(16-19)39-3)30(37)26-17-25(22-6-4-5-7-23(22)32)33-29-18-24(34-36(26)29)20-9-11-21(31)12-10-20/h4-13,16-18H,14-15H2,1-3H3. The van der Waals surface area contributed by atoms with Gasteiger partial charge < -0.3 is 14.4 Å². The summed E-state index contributed by atoms with van der Waals surface area (Å²) in [5.41, 5.74) is 3.77. The average Bonchev–Trinajstić information content (AvgIpc) is 3.39. The Balaban J connectivity index is 1.51. The smallest absolute Gasteiger partial charge is 0.272 e. The van der Waals surface area contributed by atoms with Crippen LogP contribution >= 0.6 is 11.6 Å². The third-order valence-corrected chi connectivity index (χ3v) is 6.72. The molecule has 7 nitrogen and oxygen atoms in total. The Bertz CT molecular complexity index is 1650. The summed E-state index contributed by atoms with van der Waals surface area (Å²) in [6, 6.07) is 22.6. The molecule has 1 amide bonds. The maximum absolute atomic E-state index is 14.7. The second-order valence-electron chi connectivity index (χ2n) is 8.98. The summed E-state index contributed by atoms with van der Waals surface area (Å²) in [6.45, 7) is 0.429. The van der Waals surface area contributed by atoms with Gasteiger partial charge in [-0.15, -0.1) is 0 Å². The van der Waals surface area contributed by atoms with Crippen LogP contribution in [0.2, 0.25) is 5.02 Å². The lowest BCUT2D eigenvalue weighted by atomic mass is 10.1. The first-order chi connectivity index (χ1) is 18.9. The van der Waals surface area contributed by atoms with Crippen LogP contribution in [0.3, 0.4) is 0 Å². The molecule has 0 fully saturated rings. The third kappa shape index (κ3) is 5.42. The summed E-state index contributed by atoms with van der Waals surface area (Å²) in [4.78, 5) is 20.0. The highest BCUT2D eigenvalue weighted by Gasteiger charge is 2.21. The lowest BCUT2D eigenvalue weighted by Crippen LogP contribution is -2.30. The normalized spacial score (nSPS) is 11.0. The van der Waals surface area contributed by atoms with Crippen LogP contribution in [0.5, 0.6) is 11.5 Å². The number of hydrogen-bond acceptors (Lipinski definition) is 5. The van der Waals surface area contributed by atoms with Gasteiger partial charge in [0.25, 0.3) is 5.91 Å². The van der Waals surface area contributed by atoms with E-state index in [2.05, 4.69) is 10.1 Å². The predicted octanol–water partition coefficient (Wildman–Crippen LogP) is 6.19. The number of ether oxygens (including phenoxy) is 2. The number of hydrogen-bond donors (Lipinski definition) is 0. The number of likely N-dealkylation sites (N-methyl/N-ethyl adjacent to an activating group) is 1. The van der Waals surface area contributed by atoms with Gasteiger partial charge in [-0.2, -0.15) is 5.10 Å². The quantitative estimate of drug-likeness (QED) is 0.233. The van der Waals surface area contributed by atoms with Crippen LogP contribution in [0, 0.1) is 5.82 Å². The Morgan fingerprint density at radius 3 is 2.41 bits per heavy atom. The van der Waals surface area contributed by atoms with Crippen molar-refractivity contribution in [2.75, 3.05) is 27.8 Å². The van der Waals surface area contributed by atoms with Crippen molar-refractivity contribution in [1.82, 2.24) is 19.5 Å². The summed E-state index contributed by atoms with van der Waals surface area (Å²) < 4.78 is 26.9. The highest BCUT2D eigenvalue weighted by Crippen LogP contribution is 2.29. The van der Waals surface area contributed by atoms with Crippen LogP contribution in [0.4, 0.5) is 4.39 Å². The summed E-state index contributed by atoms with van der Waals surface area (Å²) in [7, 11) is 4.89. The molecule has 5 rings (SSSR count). The maximum Gasteiger partial charge on any atom is 0.272 e. The van der Waals surface area contributed by atoms with E-state index < -0.39 is 5.82 Å². The summed E-state index contributed by atoms with van der Waals surface area (Å²) in [5, 5.41) is 5.28. The minimum absolute atomic E-state index is 0.272. The van der Waals surface area contributed by atoms with Crippen LogP contribution < -0.4 is 9.47 Å². The molecule has 0 unspecified atom stereocenters. The Kier molecular flexibility index (Phi) is 7.47. The van der Waals surface area contributed by atoms with Crippen LogP contribution in [0.1, 0.15) is 16.1 Å². The molecular weight excluding hydrogens is 519 g/mol. The van der Waals surface area contributed by atoms with E-state index in [0.717, 1.165) is 11.1 Å². The van der Waals surface area contributed by atoms with Crippen molar-refractivity contribution in [3.05, 3.63) is 101 Å². The van der Waals surface area contributed by atoms with Gasteiger partial charge in [0.05, 0.1) is 25.6 Å². The molecule has 0 radical (unpaired) electrons. The minimum atomic E-state index is -0.424. The molecule has 2 heterocycles. The molecule has 0 aliphatic carbocycles. The summed E-state index contributed by atoms with van der Waals surface area (Å²) >= 11 is 6.05. The molecule has 0 atom stereocenters. The number of methoxy groups -OCH3 is 2. The molecule has 0 spiro atoms. The maximum atomic E-state index is 14.7. The molecule has 9 heteroatoms. The third-order valence-electron chi connectivity index (χ3n) is 6.47. The number of carbonyl (C=O) groups is 1. The monoisotopic (exact) mass is 544 g/mol. The number of carbonyl (C=O) groups excluding carboxylic acids is 1. The fourth-order valence-electron chi connectivity index (χ4n) is 4.33. The molecule has 0 aliphatic heterocycles. The van der Waals surface area contributed by atoms with Crippen LogP contribution in [-0.2, 0) is 6.42 Å². The van der Waals surface area contributed by atoms with Gasteiger partial charge in [-0.3, -0.25) is 4.79 Å². The highest BCUT2D eigenvalue weighted by atomic mass is 35.5. The summed E-state index contributed by atoms with van der Waals surface area (Å²) in [5.74, 6) is 0.569. The summed E-state index contributed by atoms with van der Waals surface area (Å²) in [6.07, 6.45) is 0.589. The van der Waals surface area contributed by atoms with E-state index in [1.54, 1.807) is 68.6 Å². The zero-order chi connectivity index (χ0) is 27.5. The molecule has 0 saturated carbocycles. The molecule has 0 saturated heterocycles. The molecule has 0 N–H and O–H groups in total. The molecule has 0 bridgehead atoms. The molecule has 198 valence electrons. The minimum Gasteiger partial charge on any atom is -0.493 e. The van der Waals surface area contributed by atoms with Gasteiger partial charge in [0.1, 0.15) is 11.5 Å². The molecular formula is C30H26ClFN4O3. The SMILES string of the molecule is COc1ccc(CCN(C)C(=O)c2cc(-c3ccccc3F)nc3cc(-c4ccc(Cl)cc4)nn23)cc1OC. The molecule has 0 aliphatic rings. The van der Waals surface area contributed by atoms with Crippen LogP contribution in [-0.4, -0.2) is 53.2 Å². The number of rotatable bonds is 8. The second kappa shape index (κ2) is 11.1. The number of aromatic nitrogens is 3. The predicted molar refractivity (Wildman–Crippen MR) is 149 cm³/mol. The molecule has 2 aromatic heterocycles. The van der Waals surface area contributed by atoms with E-state index in [1.165, 1.54) is 10.6 Å². The largest absolute Gasteiger partial charge is 0.493 e. The lowest BCUT2D eigenvalue weighted by Gasteiger charge is -2.19. The van der Waals surface area contributed by atoms with E-state index in [1.807, 2.05) is 30.3 Å². The Morgan fingerprint density at radius 1 is 0.949 bits per heavy atom. The van der Waals surface area contributed by atoms with Gasteiger partial charge in [0, 0.05) is 35.8 Å². The first-order valence-corrected chi connectivity index (χ1v) is 12.6.